The second-order valence-corrected chi connectivity index (χ2v) is 6.83. The molecule has 0 bridgehead atoms. The van der Waals surface area contributed by atoms with E-state index in [1.807, 2.05) is 19.1 Å². The number of furan rings is 1. The fraction of sp³-hybridized carbons (Fsp3) is 0.500. The van der Waals surface area contributed by atoms with Crippen LogP contribution in [-0.2, 0) is 0 Å². The van der Waals surface area contributed by atoms with Crippen LogP contribution in [0.15, 0.2) is 16.5 Å². The third kappa shape index (κ3) is 3.96. The van der Waals surface area contributed by atoms with E-state index in [0.717, 1.165) is 12.2 Å². The van der Waals surface area contributed by atoms with Gasteiger partial charge < -0.3 is 14.8 Å². The van der Waals surface area contributed by atoms with Gasteiger partial charge in [-0.1, -0.05) is 13.8 Å². The molecule has 0 spiro atoms. The van der Waals surface area contributed by atoms with Gasteiger partial charge in [0.2, 0.25) is 0 Å². The SMILES string of the molecule is Cc1ccc(-c2nc(C)c(C(=O)NC(CO)CC(C)C)s2)o1. The van der Waals surface area contributed by atoms with Gasteiger partial charge in [0.15, 0.2) is 10.8 Å². The van der Waals surface area contributed by atoms with Crippen LogP contribution in [0.2, 0.25) is 0 Å². The minimum absolute atomic E-state index is 0.0635. The zero-order valence-corrected chi connectivity index (χ0v) is 14.2. The van der Waals surface area contributed by atoms with Gasteiger partial charge in [-0.2, -0.15) is 0 Å². The minimum atomic E-state index is -0.233. The smallest absolute Gasteiger partial charge is 0.263 e. The Morgan fingerprint density at radius 1 is 1.41 bits per heavy atom. The van der Waals surface area contributed by atoms with E-state index in [1.165, 1.54) is 11.3 Å². The lowest BCUT2D eigenvalue weighted by Gasteiger charge is -2.17. The molecule has 1 atom stereocenters. The van der Waals surface area contributed by atoms with Crippen LogP contribution < -0.4 is 5.32 Å². The number of nitrogens with zero attached hydrogens (tertiary/aromatic N) is 1. The topological polar surface area (TPSA) is 75.4 Å². The van der Waals surface area contributed by atoms with Gasteiger partial charge in [0.1, 0.15) is 10.6 Å². The van der Waals surface area contributed by atoms with Crippen LogP contribution in [0.3, 0.4) is 0 Å². The lowest BCUT2D eigenvalue weighted by Crippen LogP contribution is -2.38. The van der Waals surface area contributed by atoms with E-state index in [1.54, 1.807) is 6.92 Å². The predicted octanol–water partition coefficient (Wildman–Crippen LogP) is 3.16. The van der Waals surface area contributed by atoms with Crippen molar-refractivity contribution in [2.75, 3.05) is 6.61 Å². The van der Waals surface area contributed by atoms with Gasteiger partial charge in [-0.25, -0.2) is 4.98 Å². The van der Waals surface area contributed by atoms with E-state index in [0.29, 0.717) is 27.3 Å². The molecule has 0 aliphatic carbocycles. The van der Waals surface area contributed by atoms with Crippen LogP contribution >= 0.6 is 11.3 Å². The van der Waals surface area contributed by atoms with Crippen molar-refractivity contribution in [1.82, 2.24) is 10.3 Å². The number of carbonyl (C=O) groups is 1. The fourth-order valence-electron chi connectivity index (χ4n) is 2.26. The number of carbonyl (C=O) groups excluding carboxylic acids is 1. The number of aliphatic hydroxyl groups excluding tert-OH is 1. The Balaban J connectivity index is 2.15. The van der Waals surface area contributed by atoms with Crippen LogP contribution in [0, 0.1) is 19.8 Å². The van der Waals surface area contributed by atoms with Crippen LogP contribution in [0.25, 0.3) is 10.8 Å². The highest BCUT2D eigenvalue weighted by molar-refractivity contribution is 7.17. The number of amides is 1. The largest absolute Gasteiger partial charge is 0.459 e. The first kappa shape index (κ1) is 16.7. The number of hydrogen-bond donors (Lipinski definition) is 2. The summed E-state index contributed by atoms with van der Waals surface area (Å²) in [6, 6.07) is 3.49. The number of nitrogens with one attached hydrogen (secondary N) is 1. The highest BCUT2D eigenvalue weighted by Crippen LogP contribution is 2.29. The summed E-state index contributed by atoms with van der Waals surface area (Å²) in [4.78, 5) is 17.4. The van der Waals surface area contributed by atoms with Crippen molar-refractivity contribution in [2.24, 2.45) is 5.92 Å². The van der Waals surface area contributed by atoms with Crippen molar-refractivity contribution in [3.05, 3.63) is 28.5 Å². The van der Waals surface area contributed by atoms with Gasteiger partial charge in [-0.3, -0.25) is 4.79 Å². The number of aromatic nitrogens is 1. The maximum Gasteiger partial charge on any atom is 0.263 e. The standard InChI is InChI=1S/C16H22N2O3S/c1-9(2)7-12(8-19)18-15(20)14-11(4)17-16(22-14)13-6-5-10(3)21-13/h5-6,9,12,19H,7-8H2,1-4H3,(H,18,20). The molecule has 0 radical (unpaired) electrons. The Morgan fingerprint density at radius 2 is 2.14 bits per heavy atom. The molecule has 1 amide bonds. The number of aliphatic hydroxyl groups is 1. The molecule has 1 unspecified atom stereocenters. The molecular weight excluding hydrogens is 300 g/mol. The first-order valence-electron chi connectivity index (χ1n) is 7.36. The lowest BCUT2D eigenvalue weighted by molar-refractivity contribution is 0.0911. The quantitative estimate of drug-likeness (QED) is 0.856. The van der Waals surface area contributed by atoms with Crippen molar-refractivity contribution >= 4 is 17.2 Å². The molecule has 2 heterocycles. The summed E-state index contributed by atoms with van der Waals surface area (Å²) in [7, 11) is 0. The van der Waals surface area contributed by atoms with Crippen molar-refractivity contribution in [2.45, 2.75) is 40.2 Å². The van der Waals surface area contributed by atoms with Crippen LogP contribution in [-0.4, -0.2) is 28.6 Å². The van der Waals surface area contributed by atoms with E-state index >= 15 is 0 Å². The Kier molecular flexibility index (Phi) is 5.37. The molecule has 6 heteroatoms. The molecule has 5 nitrogen and oxygen atoms in total. The first-order valence-corrected chi connectivity index (χ1v) is 8.18. The van der Waals surface area contributed by atoms with Crippen molar-refractivity contribution in [3.8, 4) is 10.8 Å². The fourth-order valence-corrected chi connectivity index (χ4v) is 3.19. The van der Waals surface area contributed by atoms with Crippen molar-refractivity contribution in [1.29, 1.82) is 0 Å². The van der Waals surface area contributed by atoms with E-state index in [-0.39, 0.29) is 18.6 Å². The Hall–Kier alpha value is -1.66. The van der Waals surface area contributed by atoms with Crippen LogP contribution in [0.1, 0.15) is 41.4 Å². The lowest BCUT2D eigenvalue weighted by atomic mass is 10.0. The molecular formula is C16H22N2O3S. The van der Waals surface area contributed by atoms with Gasteiger partial charge in [-0.15, -0.1) is 11.3 Å². The molecule has 0 aromatic carbocycles. The molecule has 22 heavy (non-hydrogen) atoms. The van der Waals surface area contributed by atoms with Crippen molar-refractivity contribution in [3.63, 3.8) is 0 Å². The summed E-state index contributed by atoms with van der Waals surface area (Å²) in [6.45, 7) is 7.73. The second kappa shape index (κ2) is 7.07. The number of aryl methyl sites for hydroxylation is 2. The molecule has 0 fully saturated rings. The van der Waals surface area contributed by atoms with Crippen molar-refractivity contribution < 1.29 is 14.3 Å². The van der Waals surface area contributed by atoms with Gasteiger partial charge in [0, 0.05) is 0 Å². The highest BCUT2D eigenvalue weighted by atomic mass is 32.1. The van der Waals surface area contributed by atoms with Crippen LogP contribution in [0.4, 0.5) is 0 Å². The number of thiazole rings is 1. The zero-order valence-electron chi connectivity index (χ0n) is 13.3. The maximum absolute atomic E-state index is 12.4. The Labute approximate surface area is 134 Å². The highest BCUT2D eigenvalue weighted by Gasteiger charge is 2.20. The average molecular weight is 322 g/mol. The van der Waals surface area contributed by atoms with Gasteiger partial charge in [0.25, 0.3) is 5.91 Å². The van der Waals surface area contributed by atoms with Gasteiger partial charge in [0.05, 0.1) is 18.3 Å². The molecule has 2 rings (SSSR count). The molecule has 0 aliphatic rings. The molecule has 2 aromatic heterocycles. The van der Waals surface area contributed by atoms with E-state index in [4.69, 9.17) is 4.42 Å². The monoisotopic (exact) mass is 322 g/mol. The normalized spacial score (nSPS) is 12.6. The summed E-state index contributed by atoms with van der Waals surface area (Å²) in [6.07, 6.45) is 0.740. The first-order chi connectivity index (χ1) is 10.4. The third-order valence-electron chi connectivity index (χ3n) is 3.27. The summed E-state index contributed by atoms with van der Waals surface area (Å²) < 4.78 is 5.55. The van der Waals surface area contributed by atoms with E-state index in [2.05, 4.69) is 24.1 Å². The Morgan fingerprint density at radius 3 is 2.68 bits per heavy atom. The zero-order chi connectivity index (χ0) is 16.3. The Bertz CT molecular complexity index is 646. The van der Waals surface area contributed by atoms with Gasteiger partial charge >= 0.3 is 0 Å². The van der Waals surface area contributed by atoms with E-state index in [9.17, 15) is 9.90 Å². The second-order valence-electron chi connectivity index (χ2n) is 5.83. The summed E-state index contributed by atoms with van der Waals surface area (Å²) in [5, 5.41) is 13.0. The summed E-state index contributed by atoms with van der Waals surface area (Å²) >= 11 is 1.31. The molecule has 0 saturated heterocycles. The molecule has 0 aliphatic heterocycles. The molecule has 2 N–H and O–H groups in total. The molecule has 120 valence electrons. The summed E-state index contributed by atoms with van der Waals surface area (Å²) in [5.41, 5.74) is 0.674. The average Bonchev–Trinajstić information content (AvgIpc) is 3.03. The third-order valence-corrected chi connectivity index (χ3v) is 4.44. The maximum atomic E-state index is 12.4. The summed E-state index contributed by atoms with van der Waals surface area (Å²) in [5.74, 6) is 1.70. The molecule has 0 saturated carbocycles. The number of rotatable bonds is 6. The molecule has 2 aromatic rings. The predicted molar refractivity (Wildman–Crippen MR) is 87.1 cm³/mol. The minimum Gasteiger partial charge on any atom is -0.459 e. The van der Waals surface area contributed by atoms with Gasteiger partial charge in [-0.05, 0) is 38.3 Å². The number of hydrogen-bond acceptors (Lipinski definition) is 5. The van der Waals surface area contributed by atoms with E-state index < -0.39 is 0 Å². The van der Waals surface area contributed by atoms with Crippen LogP contribution in [0.5, 0.6) is 0 Å².